The molecule has 0 aliphatic carbocycles. The third kappa shape index (κ3) is 8.93. The van der Waals surface area contributed by atoms with Crippen molar-refractivity contribution in [2.45, 2.75) is 68.0 Å². The van der Waals surface area contributed by atoms with Gasteiger partial charge in [-0.2, -0.15) is 13.2 Å². The van der Waals surface area contributed by atoms with E-state index in [0.29, 0.717) is 23.5 Å². The van der Waals surface area contributed by atoms with Gasteiger partial charge in [-0.1, -0.05) is 72.8 Å². The molecule has 2 aliphatic rings. The Bertz CT molecular complexity index is 1820. The summed E-state index contributed by atoms with van der Waals surface area (Å²) in [6.45, 7) is -0.0546. The number of hydrogen-bond donors (Lipinski definition) is 2. The predicted octanol–water partition coefficient (Wildman–Crippen LogP) is 7.36. The summed E-state index contributed by atoms with van der Waals surface area (Å²) in [5.74, 6) is -1.13. The first-order valence-corrected chi connectivity index (χ1v) is 17.7. The van der Waals surface area contributed by atoms with Gasteiger partial charge in [-0.15, -0.1) is 11.8 Å². The zero-order chi connectivity index (χ0) is 36.0. The molecule has 0 saturated carbocycles. The monoisotopic (exact) mass is 720 g/mol. The minimum Gasteiger partial charge on any atom is -0.496 e. The lowest BCUT2D eigenvalue weighted by Crippen LogP contribution is -2.50. The van der Waals surface area contributed by atoms with Crippen LogP contribution in [0.2, 0.25) is 0 Å². The molecule has 2 heterocycles. The maximum Gasteiger partial charge on any atom is 0.471 e. The normalized spacial score (nSPS) is 20.6. The number of halogens is 3. The van der Waals surface area contributed by atoms with Crippen molar-refractivity contribution in [3.63, 3.8) is 0 Å². The summed E-state index contributed by atoms with van der Waals surface area (Å²) in [7, 11) is 1.65. The van der Waals surface area contributed by atoms with Crippen molar-refractivity contribution in [2.75, 3.05) is 19.4 Å². The van der Waals surface area contributed by atoms with E-state index in [1.807, 2.05) is 97.1 Å². The minimum atomic E-state index is -5.03. The molecule has 4 aromatic carbocycles. The number of thioether (sulfide) groups is 1. The first-order valence-electron chi connectivity index (χ1n) is 16.7. The molecule has 2 fully saturated rings. The number of amides is 2. The Morgan fingerprint density at radius 3 is 2.41 bits per heavy atom. The van der Waals surface area contributed by atoms with Crippen LogP contribution in [0.5, 0.6) is 5.75 Å². The Balaban J connectivity index is 1.17. The topological polar surface area (TPSA) is 97.3 Å². The maximum atomic E-state index is 13.1. The average molecular weight is 721 g/mol. The quantitative estimate of drug-likeness (QED) is 0.156. The van der Waals surface area contributed by atoms with E-state index in [4.69, 9.17) is 14.2 Å². The number of nitrogens with one attached hydrogen (secondary N) is 1. The zero-order valence-corrected chi connectivity index (χ0v) is 28.8. The van der Waals surface area contributed by atoms with Gasteiger partial charge in [0.15, 0.2) is 6.29 Å². The Kier molecular flexibility index (Phi) is 11.7. The molecule has 2 amide bonds. The van der Waals surface area contributed by atoms with E-state index in [1.165, 1.54) is 0 Å². The molecule has 0 spiro atoms. The number of rotatable bonds is 11. The number of carbonyl (C=O) groups is 2. The molecular formula is C39H39F3N2O6S. The van der Waals surface area contributed by atoms with Crippen molar-refractivity contribution in [3.8, 4) is 16.9 Å². The molecule has 8 nitrogen and oxygen atoms in total. The summed E-state index contributed by atoms with van der Waals surface area (Å²) in [5.41, 5.74) is 5.14. The summed E-state index contributed by atoms with van der Waals surface area (Å²) in [6, 6.07) is 29.8. The van der Waals surface area contributed by atoms with E-state index in [1.54, 1.807) is 18.9 Å². The van der Waals surface area contributed by atoms with Crippen LogP contribution in [0.15, 0.2) is 102 Å². The summed E-state index contributed by atoms with van der Waals surface area (Å²) >= 11 is 1.66. The fourth-order valence-electron chi connectivity index (χ4n) is 6.42. The van der Waals surface area contributed by atoms with Gasteiger partial charge in [0.2, 0.25) is 5.91 Å². The molecule has 12 heteroatoms. The predicted molar refractivity (Wildman–Crippen MR) is 187 cm³/mol. The molecule has 0 radical (unpaired) electrons. The van der Waals surface area contributed by atoms with E-state index < -0.39 is 30.3 Å². The standard InChI is InChI=1S/C39H39F3N2O6S/c1-48-33-12-2-3-13-35(33)51-24-31-21-34(27-16-14-25(23-45)15-17-27)50-37(49-31)30-10-5-9-29(20-30)28-8-4-7-26(19-28)22-43-36(46)32-11-6-18-44(32)38(47)39(40,41)42/h2-5,7-10,12-17,19-20,31-32,34,37,45H,6,11,18,21-24H2,1H3,(H,43,46). The van der Waals surface area contributed by atoms with Crippen LogP contribution in [-0.2, 0) is 32.2 Å². The van der Waals surface area contributed by atoms with Crippen LogP contribution in [0.1, 0.15) is 53.9 Å². The van der Waals surface area contributed by atoms with Crippen LogP contribution in [0.3, 0.4) is 0 Å². The van der Waals surface area contributed by atoms with Crippen LogP contribution in [-0.4, -0.2) is 59.6 Å². The molecule has 2 saturated heterocycles. The Morgan fingerprint density at radius 1 is 0.922 bits per heavy atom. The lowest BCUT2D eigenvalue weighted by Gasteiger charge is -2.36. The maximum absolute atomic E-state index is 13.1. The third-order valence-corrected chi connectivity index (χ3v) is 10.2. The van der Waals surface area contributed by atoms with Crippen LogP contribution in [0.4, 0.5) is 13.2 Å². The summed E-state index contributed by atoms with van der Waals surface area (Å²) < 4.78 is 57.9. The van der Waals surface area contributed by atoms with Gasteiger partial charge < -0.3 is 29.5 Å². The molecule has 4 unspecified atom stereocenters. The summed E-state index contributed by atoms with van der Waals surface area (Å²) in [6.07, 6.45) is -4.95. The van der Waals surface area contributed by atoms with Crippen molar-refractivity contribution < 1.29 is 42.1 Å². The Hall–Kier alpha value is -4.36. The number of nitrogens with zero attached hydrogens (tertiary/aromatic N) is 1. The van der Waals surface area contributed by atoms with Crippen molar-refractivity contribution >= 4 is 23.6 Å². The Morgan fingerprint density at radius 2 is 1.67 bits per heavy atom. The number of ether oxygens (including phenoxy) is 3. The van der Waals surface area contributed by atoms with Crippen molar-refractivity contribution in [1.29, 1.82) is 0 Å². The van der Waals surface area contributed by atoms with E-state index in [2.05, 4.69) is 5.32 Å². The number of methoxy groups -OCH3 is 1. The number of hydrogen-bond acceptors (Lipinski definition) is 7. The second kappa shape index (κ2) is 16.3. The number of para-hydroxylation sites is 1. The number of alkyl halides is 3. The third-order valence-electron chi connectivity index (χ3n) is 9.05. The molecule has 0 aromatic heterocycles. The molecule has 2 N–H and O–H groups in total. The molecule has 4 atom stereocenters. The number of likely N-dealkylation sites (tertiary alicyclic amines) is 1. The van der Waals surface area contributed by atoms with Crippen molar-refractivity contribution in [3.05, 3.63) is 119 Å². The van der Waals surface area contributed by atoms with Gasteiger partial charge in [0.05, 0.1) is 25.9 Å². The van der Waals surface area contributed by atoms with Crippen molar-refractivity contribution in [2.24, 2.45) is 0 Å². The highest BCUT2D eigenvalue weighted by Gasteiger charge is 2.47. The second-order valence-corrected chi connectivity index (χ2v) is 13.6. The average Bonchev–Trinajstić information content (AvgIpc) is 3.66. The molecule has 268 valence electrons. The highest BCUT2D eigenvalue weighted by atomic mass is 32.2. The summed E-state index contributed by atoms with van der Waals surface area (Å²) in [5, 5.41) is 12.3. The number of aliphatic hydroxyl groups excluding tert-OH is 1. The van der Waals surface area contributed by atoms with E-state index in [9.17, 15) is 27.9 Å². The smallest absolute Gasteiger partial charge is 0.471 e. The summed E-state index contributed by atoms with van der Waals surface area (Å²) in [4.78, 5) is 26.3. The van der Waals surface area contributed by atoms with Gasteiger partial charge in [-0.3, -0.25) is 9.59 Å². The van der Waals surface area contributed by atoms with Gasteiger partial charge in [-0.05, 0) is 64.9 Å². The second-order valence-electron chi connectivity index (χ2n) is 12.5. The van der Waals surface area contributed by atoms with Crippen molar-refractivity contribution in [1.82, 2.24) is 10.2 Å². The highest BCUT2D eigenvalue weighted by molar-refractivity contribution is 7.99. The molecule has 4 aromatic rings. The SMILES string of the molecule is COc1ccccc1SCC1CC(c2ccc(CO)cc2)OC(c2cccc(-c3cccc(CNC(=O)C4CCCN4C(=O)C(F)(F)F)c3)c2)O1. The molecular weight excluding hydrogens is 681 g/mol. The molecule has 2 aliphatic heterocycles. The van der Waals surface area contributed by atoms with Crippen LogP contribution < -0.4 is 10.1 Å². The van der Waals surface area contributed by atoms with Gasteiger partial charge in [0.1, 0.15) is 11.8 Å². The number of benzene rings is 4. The zero-order valence-electron chi connectivity index (χ0n) is 28.0. The number of aliphatic hydroxyl groups is 1. The van der Waals surface area contributed by atoms with Gasteiger partial charge >= 0.3 is 12.1 Å². The van der Waals surface area contributed by atoms with E-state index in [0.717, 1.165) is 44.0 Å². The fraction of sp³-hybridized carbons (Fsp3) is 0.333. The van der Waals surface area contributed by atoms with Crippen LogP contribution >= 0.6 is 11.8 Å². The van der Waals surface area contributed by atoms with Gasteiger partial charge in [-0.25, -0.2) is 0 Å². The lowest BCUT2D eigenvalue weighted by molar-refractivity contribution is -0.245. The number of carbonyl (C=O) groups excluding carboxylic acids is 2. The molecule has 51 heavy (non-hydrogen) atoms. The first kappa shape index (κ1) is 36.4. The van der Waals surface area contributed by atoms with E-state index >= 15 is 0 Å². The first-order chi connectivity index (χ1) is 24.6. The lowest BCUT2D eigenvalue weighted by atomic mass is 9.99. The van der Waals surface area contributed by atoms with Crippen LogP contribution in [0.25, 0.3) is 11.1 Å². The fourth-order valence-corrected chi connectivity index (χ4v) is 7.47. The highest BCUT2D eigenvalue weighted by Crippen LogP contribution is 2.41. The Labute approximate surface area is 298 Å². The minimum absolute atomic E-state index is 0.0435. The van der Waals surface area contributed by atoms with Gasteiger partial charge in [0, 0.05) is 35.7 Å². The largest absolute Gasteiger partial charge is 0.496 e. The molecule has 6 rings (SSSR count). The van der Waals surface area contributed by atoms with Crippen LogP contribution in [0, 0.1) is 0 Å². The van der Waals surface area contributed by atoms with Gasteiger partial charge in [0.25, 0.3) is 0 Å². The molecule has 0 bridgehead atoms. The van der Waals surface area contributed by atoms with E-state index in [-0.39, 0.29) is 38.3 Å².